The van der Waals surface area contributed by atoms with Gasteiger partial charge in [-0.3, -0.25) is 19.2 Å². The van der Waals surface area contributed by atoms with Crippen LogP contribution in [-0.2, 0) is 51.3 Å². The summed E-state index contributed by atoms with van der Waals surface area (Å²) in [5, 5.41) is 19.3. The van der Waals surface area contributed by atoms with Crippen molar-refractivity contribution in [3.63, 3.8) is 0 Å². The number of carbonyl (C=O) groups is 4. The molecule has 0 aliphatic carbocycles. The summed E-state index contributed by atoms with van der Waals surface area (Å²) >= 11 is 0. The van der Waals surface area contributed by atoms with Crippen LogP contribution in [-0.4, -0.2) is 115 Å². The number of carbonyl (C=O) groups excluding carboxylic acids is 4. The highest BCUT2D eigenvalue weighted by Gasteiger charge is 2.24. The monoisotopic (exact) mass is 659 g/mol. The van der Waals surface area contributed by atoms with Crippen molar-refractivity contribution in [2.45, 2.75) is 45.9 Å². The Morgan fingerprint density at radius 1 is 0.915 bits per heavy atom. The molecular weight excluding hydrogens is 614 g/mol. The van der Waals surface area contributed by atoms with Crippen LogP contribution in [0.15, 0.2) is 24.3 Å². The number of nitrogens with zero attached hydrogens (tertiary/aromatic N) is 3. The molecule has 0 fully saturated rings. The number of anilines is 1. The minimum absolute atomic E-state index is 0.0552. The van der Waals surface area contributed by atoms with Crippen molar-refractivity contribution >= 4 is 51.3 Å². The Bertz CT molecular complexity index is 1500. The van der Waals surface area contributed by atoms with Gasteiger partial charge in [0.25, 0.3) is 0 Å². The van der Waals surface area contributed by atoms with E-state index in [0.29, 0.717) is 29.0 Å². The lowest BCUT2D eigenvalue weighted by Crippen LogP contribution is -2.35. The van der Waals surface area contributed by atoms with Crippen LogP contribution >= 0.6 is 0 Å². The standard InChI is InChI=1S/C31H45N7O9/c1-4-44-17-24-36-28-29(38(24)20-31(2,3)43)22-7-5-6-8-23(22)35-30(28)37-25(40)16-34-27(42)19-47-14-12-45-11-13-46-18-26(41)33-10-9-21(39)15-32/h5-8,43H,4,9-20,32H2,1-3H3,(H,33,41)(H,34,42)(H,35,37,40). The van der Waals surface area contributed by atoms with Gasteiger partial charge in [-0.2, -0.15) is 0 Å². The van der Waals surface area contributed by atoms with E-state index in [1.807, 2.05) is 35.8 Å². The van der Waals surface area contributed by atoms with E-state index in [4.69, 9.17) is 29.7 Å². The van der Waals surface area contributed by atoms with Crippen molar-refractivity contribution in [2.75, 3.05) is 71.2 Å². The maximum absolute atomic E-state index is 12.8. The lowest BCUT2D eigenvalue weighted by Gasteiger charge is -2.20. The SMILES string of the molecule is CCOCc1nc2c(NC(=O)CNC(=O)COCCOCCOCC(=O)NCCC(=O)CN)nc3ccccc3c2n1CC(C)(C)O. The minimum atomic E-state index is -1.05. The van der Waals surface area contributed by atoms with Gasteiger partial charge in [-0.05, 0) is 26.8 Å². The van der Waals surface area contributed by atoms with Crippen molar-refractivity contribution in [1.82, 2.24) is 25.2 Å². The number of nitrogens with two attached hydrogens (primary N) is 1. The fourth-order valence-corrected chi connectivity index (χ4v) is 4.40. The van der Waals surface area contributed by atoms with Gasteiger partial charge in [-0.25, -0.2) is 9.97 Å². The fourth-order valence-electron chi connectivity index (χ4n) is 4.40. The number of hydrogen-bond acceptors (Lipinski definition) is 12. The lowest BCUT2D eigenvalue weighted by molar-refractivity contribution is -0.128. The average molecular weight is 660 g/mol. The third-order valence-corrected chi connectivity index (χ3v) is 6.51. The Labute approximate surface area is 272 Å². The molecule has 258 valence electrons. The number of pyridine rings is 1. The van der Waals surface area contributed by atoms with Crippen LogP contribution < -0.4 is 21.7 Å². The number of rotatable bonds is 22. The van der Waals surface area contributed by atoms with E-state index in [9.17, 15) is 24.3 Å². The molecule has 16 nitrogen and oxygen atoms in total. The van der Waals surface area contributed by atoms with Crippen molar-refractivity contribution in [2.24, 2.45) is 5.73 Å². The molecule has 0 bridgehead atoms. The van der Waals surface area contributed by atoms with Gasteiger partial charge in [0.05, 0.1) is 62.7 Å². The first kappa shape index (κ1) is 37.4. The highest BCUT2D eigenvalue weighted by atomic mass is 16.5. The zero-order valence-corrected chi connectivity index (χ0v) is 27.1. The van der Waals surface area contributed by atoms with E-state index < -0.39 is 17.4 Å². The number of ketones is 1. The van der Waals surface area contributed by atoms with Crippen LogP contribution in [0.2, 0.25) is 0 Å². The first-order chi connectivity index (χ1) is 22.5. The molecule has 2 heterocycles. The lowest BCUT2D eigenvalue weighted by atomic mass is 10.1. The molecule has 2 aromatic heterocycles. The number of nitrogens with one attached hydrogen (secondary N) is 3. The van der Waals surface area contributed by atoms with E-state index in [2.05, 4.69) is 20.9 Å². The summed E-state index contributed by atoms with van der Waals surface area (Å²) in [6.45, 7) is 6.32. The summed E-state index contributed by atoms with van der Waals surface area (Å²) in [5.41, 5.74) is 5.92. The molecule has 1 aromatic carbocycles. The number of imidazole rings is 1. The number of aliphatic hydroxyl groups is 1. The van der Waals surface area contributed by atoms with E-state index in [1.165, 1.54) is 0 Å². The minimum Gasteiger partial charge on any atom is -0.389 e. The quantitative estimate of drug-likeness (QED) is 0.0903. The largest absolute Gasteiger partial charge is 0.389 e. The highest BCUT2D eigenvalue weighted by Crippen LogP contribution is 2.31. The number of fused-ring (bicyclic) bond motifs is 3. The molecule has 0 unspecified atom stereocenters. The summed E-state index contributed by atoms with van der Waals surface area (Å²) in [6, 6.07) is 7.44. The molecule has 3 amide bonds. The van der Waals surface area contributed by atoms with Gasteiger partial charge in [-0.15, -0.1) is 0 Å². The second-order valence-electron chi connectivity index (χ2n) is 11.1. The fraction of sp³-hybridized carbons (Fsp3) is 0.548. The number of hydrogen-bond donors (Lipinski definition) is 5. The van der Waals surface area contributed by atoms with E-state index >= 15 is 0 Å². The molecule has 0 radical (unpaired) electrons. The van der Waals surface area contributed by atoms with Crippen LogP contribution in [0, 0.1) is 0 Å². The Balaban J connectivity index is 1.43. The van der Waals surface area contributed by atoms with Crippen LogP contribution in [0.3, 0.4) is 0 Å². The molecule has 3 aromatic rings. The molecule has 0 saturated heterocycles. The number of aromatic nitrogens is 3. The van der Waals surface area contributed by atoms with Crippen molar-refractivity contribution < 1.29 is 43.2 Å². The molecule has 3 rings (SSSR count). The molecule has 0 aliphatic heterocycles. The predicted molar refractivity (Wildman–Crippen MR) is 172 cm³/mol. The van der Waals surface area contributed by atoms with Crippen molar-refractivity contribution in [3.8, 4) is 0 Å². The number of amides is 3. The average Bonchev–Trinajstić information content (AvgIpc) is 3.38. The number of Topliss-reactive ketones (excluding diaryl/α,β-unsaturated/α-hetero) is 1. The Morgan fingerprint density at radius 3 is 2.23 bits per heavy atom. The predicted octanol–water partition coefficient (Wildman–Crippen LogP) is 0.0305. The molecule has 47 heavy (non-hydrogen) atoms. The molecule has 6 N–H and O–H groups in total. The van der Waals surface area contributed by atoms with Gasteiger partial charge in [0, 0.05) is 25.0 Å². The van der Waals surface area contributed by atoms with Gasteiger partial charge in [-0.1, -0.05) is 18.2 Å². The number of benzene rings is 1. The third-order valence-electron chi connectivity index (χ3n) is 6.51. The summed E-state index contributed by atoms with van der Waals surface area (Å²) < 4.78 is 23.3. The van der Waals surface area contributed by atoms with Crippen LogP contribution in [0.25, 0.3) is 21.9 Å². The Hall–Kier alpha value is -4.06. The molecule has 0 atom stereocenters. The normalized spacial score (nSPS) is 11.6. The second-order valence-corrected chi connectivity index (χ2v) is 11.1. The van der Waals surface area contributed by atoms with E-state index in [1.54, 1.807) is 13.8 Å². The highest BCUT2D eigenvalue weighted by molar-refractivity contribution is 6.10. The molecule has 0 saturated carbocycles. The van der Waals surface area contributed by atoms with Crippen molar-refractivity contribution in [3.05, 3.63) is 30.1 Å². The van der Waals surface area contributed by atoms with Gasteiger partial charge < -0.3 is 50.3 Å². The Morgan fingerprint density at radius 2 is 1.57 bits per heavy atom. The topological polar surface area (TPSA) is 218 Å². The van der Waals surface area contributed by atoms with Crippen LogP contribution in [0.1, 0.15) is 33.0 Å². The summed E-state index contributed by atoms with van der Waals surface area (Å²) in [6.07, 6.45) is 0.178. The number of para-hydroxylation sites is 1. The summed E-state index contributed by atoms with van der Waals surface area (Å²) in [4.78, 5) is 57.1. The van der Waals surface area contributed by atoms with Gasteiger partial charge in [0.1, 0.15) is 36.9 Å². The van der Waals surface area contributed by atoms with Crippen molar-refractivity contribution in [1.29, 1.82) is 0 Å². The maximum Gasteiger partial charge on any atom is 0.246 e. The number of ether oxygens (including phenoxy) is 4. The van der Waals surface area contributed by atoms with Gasteiger partial charge in [0.2, 0.25) is 17.7 Å². The maximum atomic E-state index is 12.8. The molecule has 0 spiro atoms. The van der Waals surface area contributed by atoms with Gasteiger partial charge in [0.15, 0.2) is 5.82 Å². The first-order valence-electron chi connectivity index (χ1n) is 15.4. The Kier molecular flexibility index (Phi) is 15.1. The van der Waals surface area contributed by atoms with Gasteiger partial charge >= 0.3 is 0 Å². The van der Waals surface area contributed by atoms with Crippen LogP contribution in [0.5, 0.6) is 0 Å². The molecule has 0 aliphatic rings. The first-order valence-corrected chi connectivity index (χ1v) is 15.4. The summed E-state index contributed by atoms with van der Waals surface area (Å²) in [7, 11) is 0. The third kappa shape index (κ3) is 12.6. The molecule has 16 heteroatoms. The van der Waals surface area contributed by atoms with E-state index in [0.717, 1.165) is 5.39 Å². The zero-order chi connectivity index (χ0) is 34.2. The smallest absolute Gasteiger partial charge is 0.246 e. The zero-order valence-electron chi connectivity index (χ0n) is 27.1. The molecular formula is C31H45N7O9. The summed E-state index contributed by atoms with van der Waals surface area (Å²) in [5.74, 6) is -0.676. The van der Waals surface area contributed by atoms with E-state index in [-0.39, 0.29) is 96.4 Å². The van der Waals surface area contributed by atoms with Crippen LogP contribution in [0.4, 0.5) is 5.82 Å². The second kappa shape index (κ2) is 18.9.